The number of nitrogens with one attached hydrogen (secondary N) is 1. The van der Waals surface area contributed by atoms with Crippen LogP contribution in [0.5, 0.6) is 0 Å². The summed E-state index contributed by atoms with van der Waals surface area (Å²) in [4.78, 5) is 6.02. The van der Waals surface area contributed by atoms with Crippen LogP contribution in [0.25, 0.3) is 10.2 Å². The zero-order valence-corrected chi connectivity index (χ0v) is 18.1. The Kier molecular flexibility index (Phi) is 6.49. The summed E-state index contributed by atoms with van der Waals surface area (Å²) in [5, 5.41) is 1.11. The highest BCUT2D eigenvalue weighted by Gasteiger charge is 2.18. The van der Waals surface area contributed by atoms with Crippen molar-refractivity contribution in [3.8, 4) is 0 Å². The molecular weight excluding hydrogens is 394 g/mol. The molecule has 29 heavy (non-hydrogen) atoms. The Labute approximate surface area is 180 Å². The second-order valence-corrected chi connectivity index (χ2v) is 9.11. The van der Waals surface area contributed by atoms with Crippen molar-refractivity contribution in [1.29, 1.82) is 0 Å². The Balaban J connectivity index is 1.60. The molecule has 3 nitrogen and oxygen atoms in total. The van der Waals surface area contributed by atoms with Crippen molar-refractivity contribution < 1.29 is 0 Å². The Hall–Kier alpha value is -2.34. The van der Waals surface area contributed by atoms with Crippen molar-refractivity contribution in [2.45, 2.75) is 37.1 Å². The minimum atomic E-state index is 0.121. The van der Waals surface area contributed by atoms with Gasteiger partial charge in [-0.15, -0.1) is 11.3 Å². The van der Waals surface area contributed by atoms with Crippen molar-refractivity contribution in [1.82, 2.24) is 9.71 Å². The fourth-order valence-corrected chi connectivity index (χ4v) is 5.28. The third-order valence-electron chi connectivity index (χ3n) is 4.76. The highest BCUT2D eigenvalue weighted by Crippen LogP contribution is 2.31. The van der Waals surface area contributed by atoms with E-state index in [1.807, 2.05) is 24.3 Å². The topological polar surface area (TPSA) is 50.9 Å². The van der Waals surface area contributed by atoms with E-state index in [1.54, 1.807) is 23.3 Å². The number of benzene rings is 3. The molecule has 0 fully saturated rings. The van der Waals surface area contributed by atoms with Crippen LogP contribution in [0.1, 0.15) is 35.5 Å². The van der Waals surface area contributed by atoms with Gasteiger partial charge in [0, 0.05) is 10.6 Å². The van der Waals surface area contributed by atoms with E-state index < -0.39 is 0 Å². The summed E-state index contributed by atoms with van der Waals surface area (Å²) < 4.78 is 4.87. The molecule has 0 aliphatic rings. The van der Waals surface area contributed by atoms with Crippen LogP contribution in [0.3, 0.4) is 0 Å². The largest absolute Gasteiger partial charge is 0.399 e. The normalized spacial score (nSPS) is 12.3. The lowest BCUT2D eigenvalue weighted by Gasteiger charge is -2.17. The molecule has 0 aliphatic carbocycles. The molecule has 0 radical (unpaired) electrons. The van der Waals surface area contributed by atoms with E-state index in [9.17, 15) is 0 Å². The molecule has 5 heteroatoms. The minimum absolute atomic E-state index is 0.121. The molecule has 148 valence electrons. The van der Waals surface area contributed by atoms with Gasteiger partial charge in [-0.25, -0.2) is 9.71 Å². The van der Waals surface area contributed by atoms with Crippen molar-refractivity contribution in [2.75, 3.05) is 5.73 Å². The standard InChI is InChI=1S/C24H25N3S2/c1-2-7-17-8-5-9-18(14-17)15-22(27-29-20-11-6-10-19(25)16-20)24-26-21-12-3-4-13-23(21)28-24/h3-6,8-14,16,22,27H,2,7,15,25H2,1H3. The number of para-hydroxylation sites is 1. The summed E-state index contributed by atoms with van der Waals surface area (Å²) in [6.07, 6.45) is 3.17. The Morgan fingerprint density at radius 3 is 2.66 bits per heavy atom. The van der Waals surface area contributed by atoms with Gasteiger partial charge < -0.3 is 5.73 Å². The molecule has 0 bridgehead atoms. The first kappa shape index (κ1) is 20.0. The number of anilines is 1. The quantitative estimate of drug-likeness (QED) is 0.256. The van der Waals surface area contributed by atoms with Gasteiger partial charge in [0.25, 0.3) is 0 Å². The first-order chi connectivity index (χ1) is 14.2. The highest BCUT2D eigenvalue weighted by molar-refractivity contribution is 7.97. The SMILES string of the molecule is CCCc1cccc(CC(NSc2cccc(N)c2)c2nc3ccccc3s2)c1. The minimum Gasteiger partial charge on any atom is -0.399 e. The van der Waals surface area contributed by atoms with Crippen molar-refractivity contribution in [3.05, 3.63) is 88.9 Å². The smallest absolute Gasteiger partial charge is 0.112 e. The number of hydrogen-bond acceptors (Lipinski definition) is 5. The van der Waals surface area contributed by atoms with Crippen LogP contribution in [-0.2, 0) is 12.8 Å². The van der Waals surface area contributed by atoms with Crippen LogP contribution in [0, 0.1) is 0 Å². The molecular formula is C24H25N3S2. The van der Waals surface area contributed by atoms with Gasteiger partial charge in [0.15, 0.2) is 0 Å². The van der Waals surface area contributed by atoms with E-state index in [2.05, 4.69) is 60.2 Å². The van der Waals surface area contributed by atoms with Crippen molar-refractivity contribution >= 4 is 39.2 Å². The third kappa shape index (κ3) is 5.18. The van der Waals surface area contributed by atoms with Crippen LogP contribution in [-0.4, -0.2) is 4.98 Å². The zero-order valence-electron chi connectivity index (χ0n) is 16.5. The molecule has 1 heterocycles. The molecule has 4 aromatic rings. The van der Waals surface area contributed by atoms with E-state index >= 15 is 0 Å². The van der Waals surface area contributed by atoms with Gasteiger partial charge in [0.2, 0.25) is 0 Å². The van der Waals surface area contributed by atoms with E-state index in [-0.39, 0.29) is 6.04 Å². The number of thiazole rings is 1. The molecule has 4 rings (SSSR count). The highest BCUT2D eigenvalue weighted by atomic mass is 32.2. The van der Waals surface area contributed by atoms with E-state index in [4.69, 9.17) is 10.7 Å². The number of nitrogens with zero attached hydrogens (tertiary/aromatic N) is 1. The van der Waals surface area contributed by atoms with Gasteiger partial charge >= 0.3 is 0 Å². The lowest BCUT2D eigenvalue weighted by molar-refractivity contribution is 0.668. The van der Waals surface area contributed by atoms with E-state index in [0.717, 1.165) is 40.4 Å². The number of nitrogens with two attached hydrogens (primary N) is 1. The number of aromatic nitrogens is 1. The van der Waals surface area contributed by atoms with Crippen LogP contribution in [0.2, 0.25) is 0 Å². The van der Waals surface area contributed by atoms with Crippen LogP contribution in [0.15, 0.2) is 77.7 Å². The number of nitrogen functional groups attached to an aromatic ring is 1. The fourth-order valence-electron chi connectivity index (χ4n) is 3.37. The van der Waals surface area contributed by atoms with E-state index in [1.165, 1.54) is 15.8 Å². The summed E-state index contributed by atoms with van der Waals surface area (Å²) in [7, 11) is 0. The zero-order chi connectivity index (χ0) is 20.1. The molecule has 3 aromatic carbocycles. The number of fused-ring (bicyclic) bond motifs is 1. The maximum Gasteiger partial charge on any atom is 0.112 e. The summed E-state index contributed by atoms with van der Waals surface area (Å²) in [6, 6.07) is 25.4. The molecule has 0 saturated carbocycles. The van der Waals surface area contributed by atoms with Crippen molar-refractivity contribution in [3.63, 3.8) is 0 Å². The van der Waals surface area contributed by atoms with Gasteiger partial charge in [-0.3, -0.25) is 0 Å². The van der Waals surface area contributed by atoms with Crippen LogP contribution in [0.4, 0.5) is 5.69 Å². The van der Waals surface area contributed by atoms with E-state index in [0.29, 0.717) is 0 Å². The van der Waals surface area contributed by atoms with Crippen LogP contribution < -0.4 is 10.5 Å². The van der Waals surface area contributed by atoms with Gasteiger partial charge in [-0.2, -0.15) is 0 Å². The number of rotatable bonds is 8. The summed E-state index contributed by atoms with van der Waals surface area (Å²) >= 11 is 3.38. The maximum atomic E-state index is 5.94. The Morgan fingerprint density at radius 2 is 1.83 bits per heavy atom. The molecule has 1 aromatic heterocycles. The number of hydrogen-bond donors (Lipinski definition) is 2. The maximum absolute atomic E-state index is 5.94. The fraction of sp³-hybridized carbons (Fsp3) is 0.208. The van der Waals surface area contributed by atoms with Gasteiger partial charge in [0.05, 0.1) is 16.3 Å². The molecule has 0 spiro atoms. The average Bonchev–Trinajstić information content (AvgIpc) is 3.16. The molecule has 1 atom stereocenters. The third-order valence-corrected chi connectivity index (χ3v) is 6.80. The van der Waals surface area contributed by atoms with Crippen LogP contribution >= 0.6 is 23.3 Å². The average molecular weight is 420 g/mol. The Morgan fingerprint density at radius 1 is 1.00 bits per heavy atom. The summed E-state index contributed by atoms with van der Waals surface area (Å²) in [5.41, 5.74) is 10.5. The number of aryl methyl sites for hydroxylation is 1. The lowest BCUT2D eigenvalue weighted by Crippen LogP contribution is -2.17. The predicted octanol–water partition coefficient (Wildman–Crippen LogP) is 6.41. The predicted molar refractivity (Wildman–Crippen MR) is 126 cm³/mol. The van der Waals surface area contributed by atoms with Gasteiger partial charge in [0.1, 0.15) is 5.01 Å². The molecule has 1 unspecified atom stereocenters. The molecule has 0 saturated heterocycles. The second kappa shape index (κ2) is 9.44. The molecule has 3 N–H and O–H groups in total. The lowest BCUT2D eigenvalue weighted by atomic mass is 10.0. The van der Waals surface area contributed by atoms with Crippen molar-refractivity contribution in [2.24, 2.45) is 0 Å². The Bertz CT molecular complexity index is 1060. The second-order valence-electron chi connectivity index (χ2n) is 7.14. The summed E-state index contributed by atoms with van der Waals surface area (Å²) in [5.74, 6) is 0. The first-order valence-corrected chi connectivity index (χ1v) is 11.6. The molecule has 0 aliphatic heterocycles. The monoisotopic (exact) mass is 419 g/mol. The van der Waals surface area contributed by atoms with Gasteiger partial charge in [-0.05, 0) is 66.2 Å². The molecule has 0 amide bonds. The van der Waals surface area contributed by atoms with Gasteiger partial charge in [-0.1, -0.05) is 55.8 Å². The first-order valence-electron chi connectivity index (χ1n) is 9.92. The summed E-state index contributed by atoms with van der Waals surface area (Å²) in [6.45, 7) is 2.22.